The number of hydrazine groups is 1. The Hall–Kier alpha value is -3.59. The summed E-state index contributed by atoms with van der Waals surface area (Å²) in [5, 5.41) is 4.50. The number of carbonyl (C=O) groups is 2. The maximum absolute atomic E-state index is 12.3. The normalized spacial score (nSPS) is 10.7. The number of aromatic nitrogens is 2. The molecule has 0 saturated heterocycles. The molecule has 3 rings (SSSR count). The number of nitrogens with one attached hydrogen (secondary N) is 2. The van der Waals surface area contributed by atoms with Crippen molar-refractivity contribution in [2.45, 2.75) is 32.8 Å². The highest BCUT2D eigenvalue weighted by molar-refractivity contribution is 6.30. The van der Waals surface area contributed by atoms with Gasteiger partial charge in [0.15, 0.2) is 11.5 Å². The lowest BCUT2D eigenvalue weighted by molar-refractivity contribution is -0.121. The van der Waals surface area contributed by atoms with E-state index in [4.69, 9.17) is 25.6 Å². The number of rotatable bonds is 8. The van der Waals surface area contributed by atoms with Gasteiger partial charge in [-0.05, 0) is 56.3 Å². The van der Waals surface area contributed by atoms with Gasteiger partial charge in [-0.2, -0.15) is 4.98 Å². The summed E-state index contributed by atoms with van der Waals surface area (Å²) in [6, 6.07) is 11.8. The lowest BCUT2D eigenvalue weighted by Gasteiger charge is -2.14. The predicted octanol–water partition coefficient (Wildman–Crippen LogP) is 3.58. The predicted molar refractivity (Wildman–Crippen MR) is 117 cm³/mol. The summed E-state index contributed by atoms with van der Waals surface area (Å²) in [6.45, 7) is 3.78. The zero-order valence-electron chi connectivity index (χ0n) is 17.8. The van der Waals surface area contributed by atoms with Crippen LogP contribution in [0.1, 0.15) is 36.5 Å². The Morgan fingerprint density at radius 2 is 1.84 bits per heavy atom. The third-order valence-electron chi connectivity index (χ3n) is 4.24. The number of hydrogen-bond acceptors (Lipinski definition) is 7. The lowest BCUT2D eigenvalue weighted by atomic mass is 10.2. The van der Waals surface area contributed by atoms with E-state index in [1.807, 2.05) is 13.8 Å². The molecule has 32 heavy (non-hydrogen) atoms. The van der Waals surface area contributed by atoms with Gasteiger partial charge in [0.1, 0.15) is 0 Å². The van der Waals surface area contributed by atoms with Crippen LogP contribution in [-0.4, -0.2) is 35.2 Å². The molecule has 0 atom stereocenters. The molecule has 3 aromatic rings. The average Bonchev–Trinajstić information content (AvgIpc) is 3.25. The highest BCUT2D eigenvalue weighted by atomic mass is 35.5. The zero-order valence-corrected chi connectivity index (χ0v) is 18.6. The van der Waals surface area contributed by atoms with Crippen LogP contribution in [0.25, 0.3) is 11.4 Å². The van der Waals surface area contributed by atoms with Crippen molar-refractivity contribution in [1.82, 2.24) is 21.0 Å². The molecular weight excluding hydrogens is 436 g/mol. The smallest absolute Gasteiger partial charge is 0.269 e. The minimum absolute atomic E-state index is 0.0380. The molecule has 0 saturated carbocycles. The molecular formula is C22H23ClN4O5. The van der Waals surface area contributed by atoms with Crippen LogP contribution < -0.4 is 20.3 Å². The van der Waals surface area contributed by atoms with Crippen LogP contribution in [-0.2, 0) is 11.2 Å². The lowest BCUT2D eigenvalue weighted by Crippen LogP contribution is -2.41. The average molecular weight is 459 g/mol. The van der Waals surface area contributed by atoms with E-state index in [0.717, 1.165) is 5.56 Å². The standard InChI is InChI=1S/C22H23ClN4O5/c1-13(2)31-17-9-6-15(12-18(17)30-3)22(29)26-25-19(28)10-11-20-24-21(27-32-20)14-4-7-16(23)8-5-14/h4-9,12-13H,10-11H2,1-3H3,(H,25,28)(H,26,29). The number of nitrogens with zero attached hydrogens (tertiary/aromatic N) is 2. The summed E-state index contributed by atoms with van der Waals surface area (Å²) < 4.78 is 16.1. The van der Waals surface area contributed by atoms with Crippen molar-refractivity contribution in [2.24, 2.45) is 0 Å². The van der Waals surface area contributed by atoms with E-state index in [1.54, 1.807) is 36.4 Å². The second-order valence-electron chi connectivity index (χ2n) is 7.05. The van der Waals surface area contributed by atoms with Gasteiger partial charge in [0.25, 0.3) is 5.91 Å². The van der Waals surface area contributed by atoms with Crippen LogP contribution >= 0.6 is 11.6 Å². The largest absolute Gasteiger partial charge is 0.493 e. The van der Waals surface area contributed by atoms with Crippen LogP contribution in [0.3, 0.4) is 0 Å². The van der Waals surface area contributed by atoms with Crippen LogP contribution in [0.5, 0.6) is 11.5 Å². The van der Waals surface area contributed by atoms with Gasteiger partial charge < -0.3 is 14.0 Å². The number of hydrogen-bond donors (Lipinski definition) is 2. The summed E-state index contributed by atoms with van der Waals surface area (Å²) in [5.41, 5.74) is 5.79. The van der Waals surface area contributed by atoms with E-state index in [1.165, 1.54) is 13.2 Å². The van der Waals surface area contributed by atoms with Crippen molar-refractivity contribution in [3.63, 3.8) is 0 Å². The highest BCUT2D eigenvalue weighted by Crippen LogP contribution is 2.29. The van der Waals surface area contributed by atoms with Gasteiger partial charge in [0.2, 0.25) is 17.6 Å². The second kappa shape index (κ2) is 10.6. The quantitative estimate of drug-likeness (QED) is 0.495. The Morgan fingerprint density at radius 1 is 1.09 bits per heavy atom. The van der Waals surface area contributed by atoms with Crippen molar-refractivity contribution in [3.05, 3.63) is 58.9 Å². The van der Waals surface area contributed by atoms with Gasteiger partial charge in [0.05, 0.1) is 13.2 Å². The molecule has 2 aromatic carbocycles. The topological polar surface area (TPSA) is 116 Å². The summed E-state index contributed by atoms with van der Waals surface area (Å²) in [4.78, 5) is 28.7. The third kappa shape index (κ3) is 6.21. The van der Waals surface area contributed by atoms with Gasteiger partial charge in [-0.25, -0.2) is 0 Å². The number of carbonyl (C=O) groups excluding carboxylic acids is 2. The Balaban J connectivity index is 1.50. The first-order valence-electron chi connectivity index (χ1n) is 9.88. The fourth-order valence-electron chi connectivity index (χ4n) is 2.71. The van der Waals surface area contributed by atoms with Crippen molar-refractivity contribution in [1.29, 1.82) is 0 Å². The van der Waals surface area contributed by atoms with Gasteiger partial charge >= 0.3 is 0 Å². The molecule has 0 radical (unpaired) electrons. The third-order valence-corrected chi connectivity index (χ3v) is 4.49. The maximum atomic E-state index is 12.3. The van der Waals surface area contributed by atoms with Crippen LogP contribution in [0.2, 0.25) is 5.02 Å². The summed E-state index contributed by atoms with van der Waals surface area (Å²) >= 11 is 5.87. The van der Waals surface area contributed by atoms with Crippen LogP contribution in [0.15, 0.2) is 47.0 Å². The number of aryl methyl sites for hydroxylation is 1. The van der Waals surface area contributed by atoms with Crippen LogP contribution in [0.4, 0.5) is 0 Å². The number of amides is 2. The molecule has 0 bridgehead atoms. The fraction of sp³-hybridized carbons (Fsp3) is 0.273. The molecule has 1 aromatic heterocycles. The van der Waals surface area contributed by atoms with Crippen LogP contribution in [0, 0.1) is 0 Å². The Bertz CT molecular complexity index is 1080. The van der Waals surface area contributed by atoms with Crippen molar-refractivity contribution in [3.8, 4) is 22.9 Å². The van der Waals surface area contributed by atoms with E-state index in [9.17, 15) is 9.59 Å². The van der Waals surface area contributed by atoms with Gasteiger partial charge in [0, 0.05) is 29.0 Å². The van der Waals surface area contributed by atoms with Crippen molar-refractivity contribution < 1.29 is 23.6 Å². The number of halogens is 1. The number of ether oxygens (including phenoxy) is 2. The molecule has 0 fully saturated rings. The fourth-order valence-corrected chi connectivity index (χ4v) is 2.84. The molecule has 0 unspecified atom stereocenters. The van der Waals surface area contributed by atoms with E-state index in [0.29, 0.717) is 33.8 Å². The first-order valence-corrected chi connectivity index (χ1v) is 10.3. The Kier molecular flexibility index (Phi) is 7.67. The van der Waals surface area contributed by atoms with Crippen molar-refractivity contribution in [2.75, 3.05) is 7.11 Å². The summed E-state index contributed by atoms with van der Waals surface area (Å²) in [5.74, 6) is 0.768. The molecule has 9 nitrogen and oxygen atoms in total. The summed E-state index contributed by atoms with van der Waals surface area (Å²) in [6.07, 6.45) is 0.230. The van der Waals surface area contributed by atoms with Gasteiger partial charge in [-0.3, -0.25) is 20.4 Å². The first-order chi connectivity index (χ1) is 15.4. The number of methoxy groups -OCH3 is 1. The first kappa shape index (κ1) is 23.1. The summed E-state index contributed by atoms with van der Waals surface area (Å²) in [7, 11) is 1.49. The van der Waals surface area contributed by atoms with E-state index in [2.05, 4.69) is 21.0 Å². The molecule has 168 valence electrons. The molecule has 10 heteroatoms. The number of benzene rings is 2. The SMILES string of the molecule is COc1cc(C(=O)NNC(=O)CCc2nc(-c3ccc(Cl)cc3)no2)ccc1OC(C)C. The molecule has 1 heterocycles. The molecule has 0 aliphatic heterocycles. The molecule has 0 aliphatic carbocycles. The Labute approximate surface area is 190 Å². The molecule has 2 amide bonds. The van der Waals surface area contributed by atoms with E-state index >= 15 is 0 Å². The molecule has 0 spiro atoms. The van der Waals surface area contributed by atoms with Gasteiger partial charge in [-0.1, -0.05) is 16.8 Å². The van der Waals surface area contributed by atoms with E-state index < -0.39 is 11.8 Å². The maximum Gasteiger partial charge on any atom is 0.269 e. The minimum atomic E-state index is -0.490. The molecule has 0 aliphatic rings. The van der Waals surface area contributed by atoms with Crippen molar-refractivity contribution >= 4 is 23.4 Å². The Morgan fingerprint density at radius 3 is 2.53 bits per heavy atom. The monoisotopic (exact) mass is 458 g/mol. The highest BCUT2D eigenvalue weighted by Gasteiger charge is 2.14. The minimum Gasteiger partial charge on any atom is -0.493 e. The second-order valence-corrected chi connectivity index (χ2v) is 7.49. The molecule has 2 N–H and O–H groups in total. The zero-order chi connectivity index (χ0) is 23.1. The van der Waals surface area contributed by atoms with Gasteiger partial charge in [-0.15, -0.1) is 0 Å². The van der Waals surface area contributed by atoms with E-state index in [-0.39, 0.29) is 18.9 Å².